The van der Waals surface area contributed by atoms with Crippen molar-refractivity contribution in [1.82, 2.24) is 4.90 Å². The van der Waals surface area contributed by atoms with Crippen LogP contribution in [0.5, 0.6) is 5.75 Å². The van der Waals surface area contributed by atoms with Gasteiger partial charge in [0, 0.05) is 29.6 Å². The average molecular weight is 409 g/mol. The molecule has 0 bridgehead atoms. The maximum atomic E-state index is 12.9. The number of likely N-dealkylation sites (tertiary alicyclic amines) is 1. The van der Waals surface area contributed by atoms with Crippen LogP contribution < -0.4 is 0 Å². The van der Waals surface area contributed by atoms with Crippen LogP contribution in [0.25, 0.3) is 22.3 Å². The number of nitrogens with zero attached hydrogens (tertiary/aromatic N) is 1. The number of phenolic OH excluding ortho intramolecular Hbond substituents is 1. The normalized spacial score (nSPS) is 16.9. The molecule has 158 valence electrons. The fraction of sp³-hybridized carbons (Fsp3) is 0.375. The van der Waals surface area contributed by atoms with E-state index < -0.39 is 5.97 Å². The molecule has 6 heteroatoms. The summed E-state index contributed by atoms with van der Waals surface area (Å²) in [5.41, 5.74) is 2.40. The van der Waals surface area contributed by atoms with E-state index >= 15 is 0 Å². The third-order valence-corrected chi connectivity index (χ3v) is 5.60. The first kappa shape index (κ1) is 20.4. The molecule has 4 rings (SSSR count). The van der Waals surface area contributed by atoms with E-state index in [1.54, 1.807) is 19.1 Å². The third kappa shape index (κ3) is 4.06. The molecule has 0 spiro atoms. The first-order valence-corrected chi connectivity index (χ1v) is 10.5. The van der Waals surface area contributed by atoms with Crippen molar-refractivity contribution >= 4 is 16.9 Å². The monoisotopic (exact) mass is 409 g/mol. The number of hydrogen-bond donors (Lipinski definition) is 2. The standard InChI is InChI=1S/C24H27NO5/c1-2-29-24(28)22-21-18(9-6-13-25-14-12-17(26)15-25)19(27)10-11-20(21)30-23(22)16-7-4-3-5-8-16/h3-5,7-8,10-11,17,26-27H,2,6,9,12-15H2,1H3/t17-/m0/s1. The predicted octanol–water partition coefficient (Wildman–Crippen LogP) is 3.98. The summed E-state index contributed by atoms with van der Waals surface area (Å²) in [5.74, 6) is 0.151. The number of aromatic hydroxyl groups is 1. The van der Waals surface area contributed by atoms with Gasteiger partial charge >= 0.3 is 5.97 Å². The van der Waals surface area contributed by atoms with E-state index in [-0.39, 0.29) is 18.5 Å². The number of hydrogen-bond acceptors (Lipinski definition) is 6. The second-order valence-corrected chi connectivity index (χ2v) is 7.68. The van der Waals surface area contributed by atoms with E-state index in [1.165, 1.54) is 0 Å². The van der Waals surface area contributed by atoms with Crippen LogP contribution in [0, 0.1) is 0 Å². The Bertz CT molecular complexity index is 1030. The number of ether oxygens (including phenoxy) is 1. The molecule has 2 aromatic carbocycles. The summed E-state index contributed by atoms with van der Waals surface area (Å²) in [6, 6.07) is 12.8. The summed E-state index contributed by atoms with van der Waals surface area (Å²) in [4.78, 5) is 15.1. The number of esters is 1. The van der Waals surface area contributed by atoms with Gasteiger partial charge in [-0.05, 0) is 44.9 Å². The fourth-order valence-electron chi connectivity index (χ4n) is 4.19. The molecule has 1 aliphatic rings. The highest BCUT2D eigenvalue weighted by Gasteiger charge is 2.27. The number of benzene rings is 2. The highest BCUT2D eigenvalue weighted by atomic mass is 16.5. The first-order valence-electron chi connectivity index (χ1n) is 10.5. The van der Waals surface area contributed by atoms with Gasteiger partial charge in [0.2, 0.25) is 0 Å². The van der Waals surface area contributed by atoms with Crippen LogP contribution in [0.15, 0.2) is 46.9 Å². The minimum Gasteiger partial charge on any atom is -0.508 e. The molecular weight excluding hydrogens is 382 g/mol. The number of furan rings is 1. The number of phenols is 1. The highest BCUT2D eigenvalue weighted by Crippen LogP contribution is 2.39. The van der Waals surface area contributed by atoms with Gasteiger partial charge in [0.25, 0.3) is 0 Å². The summed E-state index contributed by atoms with van der Waals surface area (Å²) in [7, 11) is 0. The van der Waals surface area contributed by atoms with Crippen LogP contribution in [0.4, 0.5) is 0 Å². The number of β-amino-alcohol motifs (C(OH)–C–C–N with tert-alkyl or cyclic N) is 1. The van der Waals surface area contributed by atoms with Crippen LogP contribution >= 0.6 is 0 Å². The van der Waals surface area contributed by atoms with Gasteiger partial charge in [-0.1, -0.05) is 30.3 Å². The molecule has 1 saturated heterocycles. The molecular formula is C24H27NO5. The number of rotatable bonds is 7. The van der Waals surface area contributed by atoms with Crippen LogP contribution in [-0.2, 0) is 11.2 Å². The summed E-state index contributed by atoms with van der Waals surface area (Å²) < 4.78 is 11.4. The van der Waals surface area contributed by atoms with Crippen molar-refractivity contribution < 1.29 is 24.2 Å². The Morgan fingerprint density at radius 3 is 2.73 bits per heavy atom. The lowest BCUT2D eigenvalue weighted by atomic mass is 9.98. The second-order valence-electron chi connectivity index (χ2n) is 7.68. The smallest absolute Gasteiger partial charge is 0.342 e. The zero-order chi connectivity index (χ0) is 21.1. The van der Waals surface area contributed by atoms with Crippen molar-refractivity contribution in [1.29, 1.82) is 0 Å². The molecule has 1 aromatic heterocycles. The summed E-state index contributed by atoms with van der Waals surface area (Å²) in [5, 5.41) is 20.9. The van der Waals surface area contributed by atoms with Crippen LogP contribution in [0.1, 0.15) is 35.7 Å². The minimum absolute atomic E-state index is 0.148. The lowest BCUT2D eigenvalue weighted by molar-refractivity contribution is 0.0528. The van der Waals surface area contributed by atoms with Gasteiger partial charge in [-0.15, -0.1) is 0 Å². The van der Waals surface area contributed by atoms with Gasteiger partial charge in [-0.3, -0.25) is 0 Å². The molecule has 0 radical (unpaired) electrons. The van der Waals surface area contributed by atoms with Gasteiger partial charge in [0.1, 0.15) is 22.7 Å². The van der Waals surface area contributed by atoms with Crippen LogP contribution in [-0.4, -0.2) is 53.4 Å². The molecule has 3 aromatic rings. The number of aliphatic hydroxyl groups is 1. The van der Waals surface area contributed by atoms with E-state index in [2.05, 4.69) is 4.90 Å². The molecule has 6 nitrogen and oxygen atoms in total. The van der Waals surface area contributed by atoms with E-state index in [0.717, 1.165) is 31.5 Å². The maximum Gasteiger partial charge on any atom is 0.342 e. The van der Waals surface area contributed by atoms with E-state index in [0.29, 0.717) is 40.8 Å². The summed E-state index contributed by atoms with van der Waals surface area (Å²) in [6.45, 7) is 4.42. The second kappa shape index (κ2) is 8.90. The molecule has 30 heavy (non-hydrogen) atoms. The van der Waals surface area contributed by atoms with Gasteiger partial charge in [0.15, 0.2) is 0 Å². The molecule has 2 N–H and O–H groups in total. The molecule has 1 aliphatic heterocycles. The van der Waals surface area contributed by atoms with Crippen LogP contribution in [0.2, 0.25) is 0 Å². The van der Waals surface area contributed by atoms with Crippen molar-refractivity contribution in [3.8, 4) is 17.1 Å². The minimum atomic E-state index is -0.454. The third-order valence-electron chi connectivity index (χ3n) is 5.60. The molecule has 0 aliphatic carbocycles. The number of fused-ring (bicyclic) bond motifs is 1. The van der Waals surface area contributed by atoms with E-state index in [9.17, 15) is 15.0 Å². The van der Waals surface area contributed by atoms with Gasteiger partial charge in [0.05, 0.1) is 12.7 Å². The van der Waals surface area contributed by atoms with E-state index in [1.807, 2.05) is 30.3 Å². The van der Waals surface area contributed by atoms with E-state index in [4.69, 9.17) is 9.15 Å². The zero-order valence-electron chi connectivity index (χ0n) is 17.1. The maximum absolute atomic E-state index is 12.9. The lowest BCUT2D eigenvalue weighted by Gasteiger charge is -2.15. The molecule has 2 heterocycles. The number of aryl methyl sites for hydroxylation is 1. The van der Waals surface area contributed by atoms with Gasteiger partial charge in [-0.25, -0.2) is 4.79 Å². The number of aliphatic hydroxyl groups excluding tert-OH is 1. The predicted molar refractivity (Wildman–Crippen MR) is 115 cm³/mol. The Labute approximate surface area is 175 Å². The summed E-state index contributed by atoms with van der Waals surface area (Å²) in [6.07, 6.45) is 1.94. The summed E-state index contributed by atoms with van der Waals surface area (Å²) >= 11 is 0. The fourth-order valence-corrected chi connectivity index (χ4v) is 4.19. The lowest BCUT2D eigenvalue weighted by Crippen LogP contribution is -2.23. The van der Waals surface area contributed by atoms with Crippen molar-refractivity contribution in [3.63, 3.8) is 0 Å². The number of carbonyl (C=O) groups excluding carboxylic acids is 1. The molecule has 1 atom stereocenters. The average Bonchev–Trinajstić information content (AvgIpc) is 3.34. The Morgan fingerprint density at radius 1 is 1.23 bits per heavy atom. The Balaban J connectivity index is 1.73. The Kier molecular flexibility index (Phi) is 6.06. The first-order chi connectivity index (χ1) is 14.6. The van der Waals surface area contributed by atoms with Crippen molar-refractivity contribution in [2.45, 2.75) is 32.3 Å². The van der Waals surface area contributed by atoms with Crippen molar-refractivity contribution in [2.24, 2.45) is 0 Å². The Hall–Kier alpha value is -2.83. The van der Waals surface area contributed by atoms with Gasteiger partial charge in [-0.2, -0.15) is 0 Å². The quantitative estimate of drug-likeness (QED) is 0.575. The van der Waals surface area contributed by atoms with Gasteiger partial charge < -0.3 is 24.3 Å². The van der Waals surface area contributed by atoms with Crippen LogP contribution in [0.3, 0.4) is 0 Å². The molecule has 0 saturated carbocycles. The Morgan fingerprint density at radius 2 is 2.03 bits per heavy atom. The molecule has 1 fully saturated rings. The zero-order valence-corrected chi connectivity index (χ0v) is 17.1. The topological polar surface area (TPSA) is 83.1 Å². The SMILES string of the molecule is CCOC(=O)c1c(-c2ccccc2)oc2ccc(O)c(CCCN3CC[C@H](O)C3)c12. The molecule has 0 amide bonds. The van der Waals surface area contributed by atoms with Crippen molar-refractivity contribution in [2.75, 3.05) is 26.2 Å². The van der Waals surface area contributed by atoms with Crippen molar-refractivity contribution in [3.05, 3.63) is 53.6 Å². The number of carbonyl (C=O) groups is 1. The largest absolute Gasteiger partial charge is 0.508 e. The highest BCUT2D eigenvalue weighted by molar-refractivity contribution is 6.10. The molecule has 0 unspecified atom stereocenters.